The van der Waals surface area contributed by atoms with Gasteiger partial charge < -0.3 is 9.73 Å². The Morgan fingerprint density at radius 3 is 2.57 bits per heavy atom. The predicted molar refractivity (Wildman–Crippen MR) is 128 cm³/mol. The highest BCUT2D eigenvalue weighted by Gasteiger charge is 2.23. The third-order valence-electron chi connectivity index (χ3n) is 5.21. The fourth-order valence-electron chi connectivity index (χ4n) is 3.48. The lowest BCUT2D eigenvalue weighted by molar-refractivity contribution is -0.385. The van der Waals surface area contributed by atoms with Gasteiger partial charge in [0.2, 0.25) is 0 Å². The molecule has 3 rings (SSSR count). The van der Waals surface area contributed by atoms with E-state index in [4.69, 9.17) is 4.42 Å². The molecule has 0 aliphatic heterocycles. The maximum atomic E-state index is 13.9. The van der Waals surface area contributed by atoms with Gasteiger partial charge in [-0.1, -0.05) is 38.1 Å². The average molecular weight is 480 g/mol. The summed E-state index contributed by atoms with van der Waals surface area (Å²) >= 11 is 0. The third-order valence-corrected chi connectivity index (χ3v) is 5.21. The number of hydrogen-bond donors (Lipinski definition) is 2. The van der Waals surface area contributed by atoms with Gasteiger partial charge in [0.05, 0.1) is 16.7 Å². The minimum Gasteiger partial charge on any atom is -0.455 e. The van der Waals surface area contributed by atoms with Crippen molar-refractivity contribution in [1.29, 1.82) is 0 Å². The topological polar surface area (TPSA) is 127 Å². The van der Waals surface area contributed by atoms with Crippen molar-refractivity contribution in [3.63, 3.8) is 0 Å². The van der Waals surface area contributed by atoms with E-state index in [1.807, 2.05) is 13.8 Å². The summed E-state index contributed by atoms with van der Waals surface area (Å²) in [6.07, 6.45) is 1.59. The largest absolute Gasteiger partial charge is 0.455 e. The summed E-state index contributed by atoms with van der Waals surface area (Å²) in [6, 6.07) is 12.5. The number of nitrogens with one attached hydrogen (secondary N) is 2. The van der Waals surface area contributed by atoms with Crippen molar-refractivity contribution in [2.75, 3.05) is 0 Å². The van der Waals surface area contributed by atoms with E-state index in [9.17, 15) is 24.1 Å². The monoisotopic (exact) mass is 480 g/mol. The van der Waals surface area contributed by atoms with Crippen LogP contribution in [0.4, 0.5) is 10.1 Å². The Bertz CT molecular complexity index is 1270. The molecule has 0 fully saturated rings. The summed E-state index contributed by atoms with van der Waals surface area (Å²) in [6.45, 7) is 5.41. The molecule has 3 aromatic rings. The lowest BCUT2D eigenvalue weighted by atomic mass is 10.0. The number of furan rings is 1. The van der Waals surface area contributed by atoms with E-state index in [0.717, 1.165) is 0 Å². The van der Waals surface area contributed by atoms with Crippen LogP contribution in [0.3, 0.4) is 0 Å². The first-order chi connectivity index (χ1) is 16.7. The molecule has 35 heavy (non-hydrogen) atoms. The molecule has 0 aliphatic carbocycles. The standard InChI is InChI=1S/C25H25FN4O5/c1-15(2)13-21(28-24(31)19-7-4-5-9-20(19)26)25(32)29-27-14-17-11-12-23(35-17)18-8-6-10-22(16(18)3)30(33)34/h4-12,14-15,21H,13H2,1-3H3,(H,28,31)(H,29,32)/b27-14-/t21-/m1/s1. The molecule has 182 valence electrons. The number of carbonyl (C=O) groups excluding carboxylic acids is 2. The number of nitro benzene ring substituents is 1. The Hall–Kier alpha value is -4.34. The van der Waals surface area contributed by atoms with Crippen molar-refractivity contribution in [3.05, 3.63) is 87.4 Å². The van der Waals surface area contributed by atoms with E-state index in [1.54, 1.807) is 31.2 Å². The number of halogens is 1. The zero-order chi connectivity index (χ0) is 25.5. The molecule has 2 aromatic carbocycles. The Morgan fingerprint density at radius 2 is 1.89 bits per heavy atom. The molecule has 9 nitrogen and oxygen atoms in total. The molecule has 2 amide bonds. The molecule has 0 saturated heterocycles. The lowest BCUT2D eigenvalue weighted by Crippen LogP contribution is -2.46. The van der Waals surface area contributed by atoms with Gasteiger partial charge in [0, 0.05) is 17.2 Å². The number of carbonyl (C=O) groups is 2. The van der Waals surface area contributed by atoms with Crippen molar-refractivity contribution in [3.8, 4) is 11.3 Å². The van der Waals surface area contributed by atoms with E-state index in [0.29, 0.717) is 29.1 Å². The van der Waals surface area contributed by atoms with Gasteiger partial charge in [-0.05, 0) is 43.5 Å². The third kappa shape index (κ3) is 6.38. The fourth-order valence-corrected chi connectivity index (χ4v) is 3.48. The van der Waals surface area contributed by atoms with Crippen LogP contribution in [0.1, 0.15) is 41.9 Å². The quantitative estimate of drug-likeness (QED) is 0.263. The zero-order valence-electron chi connectivity index (χ0n) is 19.4. The molecule has 2 N–H and O–H groups in total. The summed E-state index contributed by atoms with van der Waals surface area (Å²) in [5.41, 5.74) is 3.22. The van der Waals surface area contributed by atoms with Crippen molar-refractivity contribution < 1.29 is 23.3 Å². The van der Waals surface area contributed by atoms with Crippen LogP contribution >= 0.6 is 0 Å². The van der Waals surface area contributed by atoms with Crippen molar-refractivity contribution in [2.24, 2.45) is 11.0 Å². The Balaban J connectivity index is 1.69. The maximum absolute atomic E-state index is 13.9. The lowest BCUT2D eigenvalue weighted by Gasteiger charge is -2.19. The number of benzene rings is 2. The normalized spacial score (nSPS) is 12.0. The smallest absolute Gasteiger partial charge is 0.273 e. The molecule has 1 atom stereocenters. The first kappa shape index (κ1) is 25.3. The highest BCUT2D eigenvalue weighted by atomic mass is 19.1. The summed E-state index contributed by atoms with van der Waals surface area (Å²) in [4.78, 5) is 35.8. The molecular formula is C25H25FN4O5. The second-order valence-electron chi connectivity index (χ2n) is 8.28. The van der Waals surface area contributed by atoms with Crippen LogP contribution in [0.2, 0.25) is 0 Å². The van der Waals surface area contributed by atoms with E-state index in [2.05, 4.69) is 15.8 Å². The second-order valence-corrected chi connectivity index (χ2v) is 8.28. The van der Waals surface area contributed by atoms with Gasteiger partial charge in [-0.2, -0.15) is 5.10 Å². The Kier molecular flexibility index (Phi) is 8.08. The van der Waals surface area contributed by atoms with Crippen LogP contribution in [0, 0.1) is 28.8 Å². The number of amides is 2. The minimum atomic E-state index is -0.932. The molecule has 0 unspecified atom stereocenters. The average Bonchev–Trinajstić information content (AvgIpc) is 3.27. The van der Waals surface area contributed by atoms with Crippen LogP contribution in [0.15, 0.2) is 64.1 Å². The maximum Gasteiger partial charge on any atom is 0.273 e. The van der Waals surface area contributed by atoms with Gasteiger partial charge in [0.15, 0.2) is 0 Å². The Morgan fingerprint density at radius 1 is 1.14 bits per heavy atom. The molecule has 0 saturated carbocycles. The van der Waals surface area contributed by atoms with Gasteiger partial charge in [0.25, 0.3) is 17.5 Å². The molecule has 1 heterocycles. The van der Waals surface area contributed by atoms with Crippen molar-refractivity contribution in [2.45, 2.75) is 33.2 Å². The molecular weight excluding hydrogens is 455 g/mol. The number of nitrogens with zero attached hydrogens (tertiary/aromatic N) is 2. The van der Waals surface area contributed by atoms with Crippen LogP contribution in [0.25, 0.3) is 11.3 Å². The van der Waals surface area contributed by atoms with Crippen molar-refractivity contribution in [1.82, 2.24) is 10.7 Å². The highest BCUT2D eigenvalue weighted by Crippen LogP contribution is 2.30. The van der Waals surface area contributed by atoms with Crippen LogP contribution < -0.4 is 10.7 Å². The summed E-state index contributed by atoms with van der Waals surface area (Å²) in [5.74, 6) is -1.16. The molecule has 10 heteroatoms. The number of nitro groups is 1. The van der Waals surface area contributed by atoms with Gasteiger partial charge >= 0.3 is 0 Å². The van der Waals surface area contributed by atoms with E-state index >= 15 is 0 Å². The first-order valence-electron chi connectivity index (χ1n) is 10.9. The Labute approximate surface area is 201 Å². The molecule has 0 spiro atoms. The van der Waals surface area contributed by atoms with Gasteiger partial charge in [-0.25, -0.2) is 9.82 Å². The van der Waals surface area contributed by atoms with Crippen LogP contribution in [-0.2, 0) is 4.79 Å². The summed E-state index contributed by atoms with van der Waals surface area (Å²) < 4.78 is 19.6. The highest BCUT2D eigenvalue weighted by molar-refractivity contribution is 5.97. The first-order valence-corrected chi connectivity index (χ1v) is 10.9. The predicted octanol–water partition coefficient (Wildman–Crippen LogP) is 4.60. The van der Waals surface area contributed by atoms with E-state index < -0.39 is 28.6 Å². The van der Waals surface area contributed by atoms with E-state index in [1.165, 1.54) is 36.5 Å². The number of hydrogen-bond acceptors (Lipinski definition) is 6. The fraction of sp³-hybridized carbons (Fsp3) is 0.240. The van der Waals surface area contributed by atoms with Crippen molar-refractivity contribution >= 4 is 23.7 Å². The zero-order valence-corrected chi connectivity index (χ0v) is 19.4. The van der Waals surface area contributed by atoms with Crippen LogP contribution in [-0.4, -0.2) is 29.0 Å². The minimum absolute atomic E-state index is 0.0185. The molecule has 0 bridgehead atoms. The van der Waals surface area contributed by atoms with Crippen LogP contribution in [0.5, 0.6) is 0 Å². The number of hydrazone groups is 1. The van der Waals surface area contributed by atoms with Gasteiger partial charge in [-0.3, -0.25) is 19.7 Å². The van der Waals surface area contributed by atoms with Gasteiger partial charge in [-0.15, -0.1) is 0 Å². The van der Waals surface area contributed by atoms with Gasteiger partial charge in [0.1, 0.15) is 23.4 Å². The molecule has 1 aromatic heterocycles. The number of rotatable bonds is 9. The molecule has 0 radical (unpaired) electrons. The molecule has 0 aliphatic rings. The SMILES string of the molecule is Cc1c(-c2ccc(/C=N\NC(=O)[C@@H](CC(C)C)NC(=O)c3ccccc3F)o2)cccc1[N+](=O)[O-]. The second kappa shape index (κ2) is 11.2. The summed E-state index contributed by atoms with van der Waals surface area (Å²) in [7, 11) is 0. The van der Waals surface area contributed by atoms with E-state index in [-0.39, 0.29) is 17.2 Å². The summed E-state index contributed by atoms with van der Waals surface area (Å²) in [5, 5.41) is 17.6.